The van der Waals surface area contributed by atoms with Crippen LogP contribution in [0.1, 0.15) is 36.9 Å². The van der Waals surface area contributed by atoms with Gasteiger partial charge in [-0.3, -0.25) is 0 Å². The summed E-state index contributed by atoms with van der Waals surface area (Å²) >= 11 is 0. The number of nitrogens with two attached hydrogens (primary N) is 1. The van der Waals surface area contributed by atoms with Gasteiger partial charge in [-0.15, -0.1) is 0 Å². The standard InChI is InChI=1S/C19H26N2/c1-16(15-20)9-8-14-21-19(17-10-4-2-5-11-17)18-12-6-3-7-13-18/h2-7,10-13,16,19,21H,8-9,14-15,20H2,1H3. The first-order chi connectivity index (χ1) is 10.3. The summed E-state index contributed by atoms with van der Waals surface area (Å²) in [6.45, 7) is 4.01. The Morgan fingerprint density at radius 3 is 1.90 bits per heavy atom. The Labute approximate surface area is 128 Å². The monoisotopic (exact) mass is 282 g/mol. The van der Waals surface area contributed by atoms with Gasteiger partial charge in [-0.25, -0.2) is 0 Å². The highest BCUT2D eigenvalue weighted by Crippen LogP contribution is 2.21. The summed E-state index contributed by atoms with van der Waals surface area (Å²) in [6, 6.07) is 21.5. The van der Waals surface area contributed by atoms with E-state index >= 15 is 0 Å². The third kappa shape index (κ3) is 5.00. The highest BCUT2D eigenvalue weighted by atomic mass is 14.9. The molecule has 0 aliphatic carbocycles. The molecule has 0 amide bonds. The zero-order chi connectivity index (χ0) is 14.9. The van der Waals surface area contributed by atoms with E-state index < -0.39 is 0 Å². The Kier molecular flexibility index (Phi) is 6.45. The lowest BCUT2D eigenvalue weighted by Crippen LogP contribution is -2.24. The molecule has 0 heterocycles. The topological polar surface area (TPSA) is 38.0 Å². The maximum absolute atomic E-state index is 5.68. The summed E-state index contributed by atoms with van der Waals surface area (Å²) < 4.78 is 0. The minimum Gasteiger partial charge on any atom is -0.330 e. The highest BCUT2D eigenvalue weighted by Gasteiger charge is 2.12. The highest BCUT2D eigenvalue weighted by molar-refractivity contribution is 5.31. The molecule has 0 bridgehead atoms. The van der Waals surface area contributed by atoms with E-state index in [-0.39, 0.29) is 6.04 Å². The molecule has 2 rings (SSSR count). The molecule has 0 aliphatic rings. The average molecular weight is 282 g/mol. The van der Waals surface area contributed by atoms with Crippen molar-refractivity contribution in [3.05, 3.63) is 71.8 Å². The van der Waals surface area contributed by atoms with Crippen molar-refractivity contribution in [2.45, 2.75) is 25.8 Å². The normalized spacial score (nSPS) is 12.5. The maximum Gasteiger partial charge on any atom is 0.0576 e. The van der Waals surface area contributed by atoms with E-state index in [1.54, 1.807) is 0 Å². The molecule has 0 saturated carbocycles. The maximum atomic E-state index is 5.68. The molecule has 1 unspecified atom stereocenters. The Morgan fingerprint density at radius 1 is 0.905 bits per heavy atom. The summed E-state index contributed by atoms with van der Waals surface area (Å²) in [4.78, 5) is 0. The van der Waals surface area contributed by atoms with E-state index in [4.69, 9.17) is 5.73 Å². The molecule has 2 heteroatoms. The van der Waals surface area contributed by atoms with Gasteiger partial charge in [0, 0.05) is 0 Å². The van der Waals surface area contributed by atoms with Crippen LogP contribution in [0.4, 0.5) is 0 Å². The number of hydrogen-bond acceptors (Lipinski definition) is 2. The molecule has 112 valence electrons. The van der Waals surface area contributed by atoms with Crippen LogP contribution in [0.5, 0.6) is 0 Å². The third-order valence-electron chi connectivity index (χ3n) is 3.89. The van der Waals surface area contributed by atoms with E-state index in [9.17, 15) is 0 Å². The summed E-state index contributed by atoms with van der Waals surface area (Å²) in [5, 5.41) is 3.69. The minimum absolute atomic E-state index is 0.264. The fraction of sp³-hybridized carbons (Fsp3) is 0.368. The zero-order valence-corrected chi connectivity index (χ0v) is 12.8. The van der Waals surface area contributed by atoms with E-state index in [2.05, 4.69) is 72.9 Å². The Bertz CT molecular complexity index is 456. The predicted molar refractivity (Wildman–Crippen MR) is 90.2 cm³/mol. The van der Waals surface area contributed by atoms with Crippen LogP contribution in [0.3, 0.4) is 0 Å². The molecular weight excluding hydrogens is 256 g/mol. The minimum atomic E-state index is 0.264. The predicted octanol–water partition coefficient (Wildman–Crippen LogP) is 3.74. The quantitative estimate of drug-likeness (QED) is 0.724. The molecule has 0 aliphatic heterocycles. The Morgan fingerprint density at radius 2 is 1.43 bits per heavy atom. The van der Waals surface area contributed by atoms with Crippen molar-refractivity contribution in [1.29, 1.82) is 0 Å². The molecule has 2 aromatic carbocycles. The third-order valence-corrected chi connectivity index (χ3v) is 3.89. The van der Waals surface area contributed by atoms with Gasteiger partial charge in [0.25, 0.3) is 0 Å². The fourth-order valence-corrected chi connectivity index (χ4v) is 2.53. The molecule has 3 N–H and O–H groups in total. The number of nitrogens with one attached hydrogen (secondary N) is 1. The lowest BCUT2D eigenvalue weighted by molar-refractivity contribution is 0.488. The molecule has 2 aromatic rings. The van der Waals surface area contributed by atoms with Crippen LogP contribution >= 0.6 is 0 Å². The van der Waals surface area contributed by atoms with Crippen molar-refractivity contribution in [1.82, 2.24) is 5.32 Å². The first kappa shape index (κ1) is 15.7. The van der Waals surface area contributed by atoms with Crippen molar-refractivity contribution in [3.8, 4) is 0 Å². The molecule has 0 aromatic heterocycles. The van der Waals surface area contributed by atoms with E-state index in [1.165, 1.54) is 17.5 Å². The smallest absolute Gasteiger partial charge is 0.0576 e. The van der Waals surface area contributed by atoms with Gasteiger partial charge in [-0.05, 0) is 43.0 Å². The van der Waals surface area contributed by atoms with Crippen molar-refractivity contribution in [3.63, 3.8) is 0 Å². The van der Waals surface area contributed by atoms with Gasteiger partial charge in [-0.2, -0.15) is 0 Å². The largest absolute Gasteiger partial charge is 0.330 e. The molecular formula is C19H26N2. The van der Waals surface area contributed by atoms with E-state index in [0.717, 1.165) is 19.5 Å². The number of hydrogen-bond donors (Lipinski definition) is 2. The van der Waals surface area contributed by atoms with Gasteiger partial charge in [0.05, 0.1) is 6.04 Å². The summed E-state index contributed by atoms with van der Waals surface area (Å²) in [7, 11) is 0. The van der Waals surface area contributed by atoms with Gasteiger partial charge in [0.2, 0.25) is 0 Å². The molecule has 1 atom stereocenters. The molecule has 21 heavy (non-hydrogen) atoms. The van der Waals surface area contributed by atoms with Crippen molar-refractivity contribution < 1.29 is 0 Å². The molecule has 0 saturated heterocycles. The first-order valence-corrected chi connectivity index (χ1v) is 7.84. The van der Waals surface area contributed by atoms with Crippen molar-refractivity contribution in [2.75, 3.05) is 13.1 Å². The average Bonchev–Trinajstić information content (AvgIpc) is 2.56. The second kappa shape index (κ2) is 8.60. The second-order valence-corrected chi connectivity index (χ2v) is 5.69. The number of rotatable bonds is 8. The van der Waals surface area contributed by atoms with Crippen molar-refractivity contribution >= 4 is 0 Å². The number of benzene rings is 2. The summed E-state index contributed by atoms with van der Waals surface area (Å²) in [6.07, 6.45) is 2.34. The van der Waals surface area contributed by atoms with Crippen LogP contribution in [0.15, 0.2) is 60.7 Å². The van der Waals surface area contributed by atoms with E-state index in [1.807, 2.05) is 0 Å². The molecule has 0 fully saturated rings. The van der Waals surface area contributed by atoms with Crippen LogP contribution in [0.25, 0.3) is 0 Å². The Hall–Kier alpha value is -1.64. The van der Waals surface area contributed by atoms with E-state index in [0.29, 0.717) is 5.92 Å². The fourth-order valence-electron chi connectivity index (χ4n) is 2.53. The lowest BCUT2D eigenvalue weighted by atomic mass is 9.98. The van der Waals surface area contributed by atoms with Crippen LogP contribution < -0.4 is 11.1 Å². The first-order valence-electron chi connectivity index (χ1n) is 7.84. The molecule has 0 radical (unpaired) electrons. The van der Waals surface area contributed by atoms with Gasteiger partial charge >= 0.3 is 0 Å². The molecule has 2 nitrogen and oxygen atoms in total. The van der Waals surface area contributed by atoms with Crippen LogP contribution in [0, 0.1) is 5.92 Å². The lowest BCUT2D eigenvalue weighted by Gasteiger charge is -2.20. The van der Waals surface area contributed by atoms with Gasteiger partial charge in [0.15, 0.2) is 0 Å². The zero-order valence-electron chi connectivity index (χ0n) is 12.8. The van der Waals surface area contributed by atoms with Crippen molar-refractivity contribution in [2.24, 2.45) is 11.7 Å². The molecule has 0 spiro atoms. The summed E-state index contributed by atoms with van der Waals surface area (Å²) in [5.74, 6) is 0.610. The van der Waals surface area contributed by atoms with Gasteiger partial charge in [0.1, 0.15) is 0 Å². The second-order valence-electron chi connectivity index (χ2n) is 5.69. The van der Waals surface area contributed by atoms with Crippen LogP contribution in [0.2, 0.25) is 0 Å². The van der Waals surface area contributed by atoms with Crippen LogP contribution in [-0.2, 0) is 0 Å². The van der Waals surface area contributed by atoms with Gasteiger partial charge in [-0.1, -0.05) is 67.6 Å². The Balaban J connectivity index is 2.00. The summed E-state index contributed by atoms with van der Waals surface area (Å²) in [5.41, 5.74) is 8.31. The van der Waals surface area contributed by atoms with Crippen LogP contribution in [-0.4, -0.2) is 13.1 Å². The SMILES string of the molecule is CC(CN)CCCNC(c1ccccc1)c1ccccc1. The van der Waals surface area contributed by atoms with Gasteiger partial charge < -0.3 is 11.1 Å².